The minimum atomic E-state index is -1.62. The van der Waals surface area contributed by atoms with E-state index < -0.39 is 29.0 Å². The van der Waals surface area contributed by atoms with Crippen molar-refractivity contribution >= 4 is 17.6 Å². The summed E-state index contributed by atoms with van der Waals surface area (Å²) in [6, 6.07) is 1.73. The quantitative estimate of drug-likeness (QED) is 0.417. The molecule has 25 heavy (non-hydrogen) atoms. The van der Waals surface area contributed by atoms with E-state index in [-0.39, 0.29) is 12.0 Å². The van der Waals surface area contributed by atoms with Crippen LogP contribution in [0.25, 0.3) is 0 Å². The first-order chi connectivity index (χ1) is 11.9. The third kappa shape index (κ3) is 4.64. The molecular weight excluding hydrogens is 333 g/mol. The molecule has 0 spiro atoms. The molecule has 0 aromatic heterocycles. The number of benzene rings is 1. The lowest BCUT2D eigenvalue weighted by molar-refractivity contribution is -0.115. The number of hydrogen-bond acceptors (Lipinski definition) is 2. The van der Waals surface area contributed by atoms with Crippen molar-refractivity contribution in [2.24, 2.45) is 10.4 Å². The van der Waals surface area contributed by atoms with E-state index in [9.17, 15) is 18.0 Å². The topological polar surface area (TPSA) is 65.5 Å². The number of aliphatic imine (C=N–C) groups is 1. The van der Waals surface area contributed by atoms with Gasteiger partial charge in [0.2, 0.25) is 5.91 Å². The molecule has 8 heteroatoms. The van der Waals surface area contributed by atoms with E-state index in [0.29, 0.717) is 5.96 Å². The number of carbonyl (C=O) groups excluding carboxylic acids is 1. The zero-order chi connectivity index (χ0) is 18.4. The fraction of sp³-hybridized carbons (Fsp3) is 0.529. The van der Waals surface area contributed by atoms with Crippen molar-refractivity contribution in [3.63, 3.8) is 0 Å². The lowest BCUT2D eigenvalue weighted by Crippen LogP contribution is -2.47. The van der Waals surface area contributed by atoms with Crippen LogP contribution in [-0.4, -0.2) is 32.0 Å². The van der Waals surface area contributed by atoms with Crippen molar-refractivity contribution in [3.8, 4) is 0 Å². The summed E-state index contributed by atoms with van der Waals surface area (Å²) in [5, 5.41) is 8.20. The van der Waals surface area contributed by atoms with Crippen molar-refractivity contribution in [1.82, 2.24) is 10.6 Å². The molecule has 1 aliphatic carbocycles. The summed E-state index contributed by atoms with van der Waals surface area (Å²) in [4.78, 5) is 15.9. The molecule has 3 N–H and O–H groups in total. The summed E-state index contributed by atoms with van der Waals surface area (Å²) >= 11 is 0. The van der Waals surface area contributed by atoms with Crippen LogP contribution in [0.2, 0.25) is 0 Å². The highest BCUT2D eigenvalue weighted by Crippen LogP contribution is 2.42. The average Bonchev–Trinajstić information content (AvgIpc) is 2.57. The number of anilines is 1. The molecule has 1 aromatic carbocycles. The number of amides is 1. The molecule has 0 bridgehead atoms. The maximum Gasteiger partial charge on any atom is 0.243 e. The lowest BCUT2D eigenvalue weighted by atomic mass is 9.67. The number of carbonyl (C=O) groups is 1. The van der Waals surface area contributed by atoms with Crippen LogP contribution < -0.4 is 16.0 Å². The minimum Gasteiger partial charge on any atom is -0.356 e. The van der Waals surface area contributed by atoms with Crippen LogP contribution in [0.1, 0.15) is 32.6 Å². The normalized spacial score (nSPS) is 16.1. The van der Waals surface area contributed by atoms with Gasteiger partial charge in [-0.05, 0) is 36.8 Å². The predicted octanol–water partition coefficient (Wildman–Crippen LogP) is 2.79. The number of nitrogens with one attached hydrogen (secondary N) is 3. The Morgan fingerprint density at radius 1 is 1.20 bits per heavy atom. The van der Waals surface area contributed by atoms with Gasteiger partial charge < -0.3 is 16.0 Å². The average molecular weight is 356 g/mol. The number of guanidine groups is 1. The maximum atomic E-state index is 13.5. The monoisotopic (exact) mass is 356 g/mol. The van der Waals surface area contributed by atoms with Crippen LogP contribution in [0.5, 0.6) is 0 Å². The Morgan fingerprint density at radius 3 is 2.48 bits per heavy atom. The van der Waals surface area contributed by atoms with Crippen LogP contribution in [0.3, 0.4) is 0 Å². The Morgan fingerprint density at radius 2 is 1.92 bits per heavy atom. The molecule has 0 unspecified atom stereocenters. The molecule has 5 nitrogen and oxygen atoms in total. The highest BCUT2D eigenvalue weighted by Gasteiger charge is 2.34. The number of hydrogen-bond donors (Lipinski definition) is 3. The van der Waals surface area contributed by atoms with Gasteiger partial charge in [0.15, 0.2) is 23.4 Å². The van der Waals surface area contributed by atoms with Crippen LogP contribution in [0.4, 0.5) is 18.9 Å². The SMILES string of the molecule is CCC1(CNC(=NC)NCC(=O)Nc2ccc(F)c(F)c2F)CCC1. The second-order valence-corrected chi connectivity index (χ2v) is 6.26. The molecule has 1 aromatic rings. The van der Waals surface area contributed by atoms with Crippen LogP contribution in [0.15, 0.2) is 17.1 Å². The summed E-state index contributed by atoms with van der Waals surface area (Å²) in [5.41, 5.74) is -0.123. The summed E-state index contributed by atoms with van der Waals surface area (Å²) in [7, 11) is 1.58. The molecule has 0 aliphatic heterocycles. The number of nitrogens with zero attached hydrogens (tertiary/aromatic N) is 1. The molecule has 1 fully saturated rings. The lowest BCUT2D eigenvalue weighted by Gasteiger charge is -2.41. The van der Waals surface area contributed by atoms with E-state index in [1.54, 1.807) is 7.05 Å². The van der Waals surface area contributed by atoms with Gasteiger partial charge in [0.25, 0.3) is 0 Å². The molecule has 1 saturated carbocycles. The molecular formula is C17H23F3N4O. The molecule has 0 heterocycles. The standard InChI is InChI=1S/C17H23F3N4O/c1-3-17(7-4-8-17)10-23-16(21-2)22-9-13(25)24-12-6-5-11(18)14(19)15(12)20/h5-6H,3-4,7-10H2,1-2H3,(H,24,25)(H2,21,22,23). The van der Waals surface area contributed by atoms with Crippen LogP contribution in [-0.2, 0) is 4.79 Å². The van der Waals surface area contributed by atoms with E-state index in [1.807, 2.05) is 0 Å². The fourth-order valence-electron chi connectivity index (χ4n) is 2.80. The zero-order valence-electron chi connectivity index (χ0n) is 14.4. The Labute approximate surface area is 145 Å². The molecule has 1 amide bonds. The summed E-state index contributed by atoms with van der Waals surface area (Å²) < 4.78 is 39.6. The molecule has 0 saturated heterocycles. The first-order valence-corrected chi connectivity index (χ1v) is 8.28. The molecule has 1 aliphatic rings. The zero-order valence-corrected chi connectivity index (χ0v) is 14.4. The van der Waals surface area contributed by atoms with Gasteiger partial charge in [-0.1, -0.05) is 13.3 Å². The Balaban J connectivity index is 1.83. The molecule has 0 atom stereocenters. The van der Waals surface area contributed by atoms with Crippen molar-refractivity contribution in [2.45, 2.75) is 32.6 Å². The first kappa shape index (κ1) is 19.1. The van der Waals surface area contributed by atoms with E-state index in [1.165, 1.54) is 19.3 Å². The Kier molecular flexibility index (Phi) is 6.27. The van der Waals surface area contributed by atoms with Gasteiger partial charge in [0, 0.05) is 13.6 Å². The largest absolute Gasteiger partial charge is 0.356 e. The summed E-state index contributed by atoms with van der Waals surface area (Å²) in [6.45, 7) is 2.74. The van der Waals surface area contributed by atoms with E-state index in [4.69, 9.17) is 0 Å². The highest BCUT2D eigenvalue weighted by atomic mass is 19.2. The van der Waals surface area contributed by atoms with E-state index >= 15 is 0 Å². The second-order valence-electron chi connectivity index (χ2n) is 6.26. The first-order valence-electron chi connectivity index (χ1n) is 8.28. The predicted molar refractivity (Wildman–Crippen MR) is 90.9 cm³/mol. The molecule has 2 rings (SSSR count). The third-order valence-corrected chi connectivity index (χ3v) is 4.74. The van der Waals surface area contributed by atoms with Crippen molar-refractivity contribution in [2.75, 3.05) is 25.5 Å². The highest BCUT2D eigenvalue weighted by molar-refractivity contribution is 5.95. The fourth-order valence-corrected chi connectivity index (χ4v) is 2.80. The van der Waals surface area contributed by atoms with E-state index in [2.05, 4.69) is 27.9 Å². The van der Waals surface area contributed by atoms with Gasteiger partial charge in [-0.15, -0.1) is 0 Å². The van der Waals surface area contributed by atoms with Crippen LogP contribution in [0, 0.1) is 22.9 Å². The second kappa shape index (κ2) is 8.22. The van der Waals surface area contributed by atoms with Gasteiger partial charge in [-0.3, -0.25) is 9.79 Å². The summed E-state index contributed by atoms with van der Waals surface area (Å²) in [6.07, 6.45) is 4.64. The maximum absolute atomic E-state index is 13.5. The number of halogens is 3. The third-order valence-electron chi connectivity index (χ3n) is 4.74. The molecule has 0 radical (unpaired) electrons. The van der Waals surface area contributed by atoms with Crippen molar-refractivity contribution < 1.29 is 18.0 Å². The Bertz CT molecular complexity index is 654. The van der Waals surface area contributed by atoms with Gasteiger partial charge in [-0.25, -0.2) is 13.2 Å². The smallest absolute Gasteiger partial charge is 0.243 e. The van der Waals surface area contributed by atoms with Crippen LogP contribution >= 0.6 is 0 Å². The Hall–Kier alpha value is -2.25. The van der Waals surface area contributed by atoms with Gasteiger partial charge in [0.05, 0.1) is 12.2 Å². The number of rotatable bonds is 6. The van der Waals surface area contributed by atoms with Crippen molar-refractivity contribution in [3.05, 3.63) is 29.6 Å². The molecule has 138 valence electrons. The van der Waals surface area contributed by atoms with Gasteiger partial charge in [-0.2, -0.15) is 0 Å². The van der Waals surface area contributed by atoms with Crippen molar-refractivity contribution in [1.29, 1.82) is 0 Å². The summed E-state index contributed by atoms with van der Waals surface area (Å²) in [5.74, 6) is -4.49. The minimum absolute atomic E-state index is 0.183. The van der Waals surface area contributed by atoms with Gasteiger partial charge >= 0.3 is 0 Å². The van der Waals surface area contributed by atoms with Gasteiger partial charge in [0.1, 0.15) is 0 Å². The van der Waals surface area contributed by atoms with E-state index in [0.717, 1.165) is 25.1 Å².